The Bertz CT molecular complexity index is 3660. The summed E-state index contributed by atoms with van der Waals surface area (Å²) >= 11 is 0. The third-order valence-electron chi connectivity index (χ3n) is 12.8. The zero-order chi connectivity index (χ0) is 38.6. The van der Waals surface area contributed by atoms with E-state index in [1.165, 1.54) is 55.2 Å². The Hall–Kier alpha value is -7.62. The quantitative estimate of drug-likeness (QED) is 0.179. The first kappa shape index (κ1) is 32.5. The number of para-hydroxylation sites is 2. The molecule has 59 heavy (non-hydrogen) atoms. The van der Waals surface area contributed by atoms with Gasteiger partial charge in [0.25, 0.3) is 0 Å². The summed E-state index contributed by atoms with van der Waals surface area (Å²) in [4.78, 5) is 0. The van der Waals surface area contributed by atoms with E-state index in [0.717, 1.165) is 72.7 Å². The molecular weight excluding hydrogens is 719 g/mol. The van der Waals surface area contributed by atoms with E-state index >= 15 is 0 Å². The molecule has 0 radical (unpaired) electrons. The Kier molecular flexibility index (Phi) is 6.84. The number of nitrogens with zero attached hydrogens (tertiary/aromatic N) is 1. The summed E-state index contributed by atoms with van der Waals surface area (Å²) < 4.78 is 15.2. The molecule has 0 amide bonds. The molecule has 3 nitrogen and oxygen atoms in total. The van der Waals surface area contributed by atoms with Crippen LogP contribution in [0.5, 0.6) is 0 Å². The van der Waals surface area contributed by atoms with Crippen LogP contribution in [0.4, 0.5) is 0 Å². The number of fused-ring (bicyclic) bond motifs is 12. The predicted molar refractivity (Wildman–Crippen MR) is 244 cm³/mol. The molecule has 0 spiro atoms. The molecule has 0 N–H and O–H groups in total. The van der Waals surface area contributed by atoms with Crippen LogP contribution in [0.1, 0.15) is 22.6 Å². The van der Waals surface area contributed by atoms with Crippen molar-refractivity contribution in [3.8, 4) is 39.1 Å². The summed E-state index contributed by atoms with van der Waals surface area (Å²) in [5, 5.41) is 6.99. The molecule has 3 aromatic heterocycles. The summed E-state index contributed by atoms with van der Waals surface area (Å²) in [5.74, 6) is 0.275. The third kappa shape index (κ3) is 4.95. The Morgan fingerprint density at radius 1 is 0.373 bits per heavy atom. The van der Waals surface area contributed by atoms with E-state index in [2.05, 4.69) is 199 Å². The zero-order valence-electron chi connectivity index (χ0n) is 32.0. The summed E-state index contributed by atoms with van der Waals surface area (Å²) in [7, 11) is 0. The fourth-order valence-electron chi connectivity index (χ4n) is 9.97. The maximum absolute atomic E-state index is 6.44. The first-order valence-corrected chi connectivity index (χ1v) is 20.4. The number of aromatic nitrogens is 1. The zero-order valence-corrected chi connectivity index (χ0v) is 32.0. The highest BCUT2D eigenvalue weighted by molar-refractivity contribution is 6.12. The highest BCUT2D eigenvalue weighted by Gasteiger charge is 2.26. The van der Waals surface area contributed by atoms with Crippen LogP contribution in [0, 0.1) is 0 Å². The first-order chi connectivity index (χ1) is 29.2. The lowest BCUT2D eigenvalue weighted by molar-refractivity contribution is 0.668. The van der Waals surface area contributed by atoms with Crippen LogP contribution in [0.15, 0.2) is 203 Å². The minimum Gasteiger partial charge on any atom is -0.456 e. The largest absolute Gasteiger partial charge is 0.456 e. The lowest BCUT2D eigenvalue weighted by Crippen LogP contribution is -2.12. The van der Waals surface area contributed by atoms with E-state index in [9.17, 15) is 0 Å². The fourth-order valence-corrected chi connectivity index (χ4v) is 9.97. The van der Waals surface area contributed by atoms with Crippen molar-refractivity contribution in [1.82, 2.24) is 4.57 Å². The van der Waals surface area contributed by atoms with E-state index in [1.54, 1.807) is 0 Å². The smallest absolute Gasteiger partial charge is 0.135 e. The van der Waals surface area contributed by atoms with Crippen molar-refractivity contribution in [2.75, 3.05) is 0 Å². The lowest BCUT2D eigenvalue weighted by atomic mass is 9.75. The van der Waals surface area contributed by atoms with Gasteiger partial charge in [-0.25, -0.2) is 0 Å². The molecule has 3 heteroatoms. The van der Waals surface area contributed by atoms with Gasteiger partial charge in [0.15, 0.2) is 0 Å². The van der Waals surface area contributed by atoms with Crippen LogP contribution in [0.25, 0.3) is 105 Å². The summed E-state index contributed by atoms with van der Waals surface area (Å²) in [6.45, 7) is 0. The molecule has 3 heterocycles. The van der Waals surface area contributed by atoms with Gasteiger partial charge >= 0.3 is 0 Å². The SMILES string of the molecule is c1ccc(-n2c3ccccc3c3cc(-c4ccc5oc6ccc(-c7ccc8oc9ccc(C%10Cc%11ccccc%11-c%11ccccc%11%10)cc9c8c7)cc6c5c4)ccc32)cc1. The Morgan fingerprint density at radius 2 is 0.881 bits per heavy atom. The molecule has 1 unspecified atom stereocenters. The van der Waals surface area contributed by atoms with Crippen molar-refractivity contribution in [2.24, 2.45) is 0 Å². The minimum absolute atomic E-state index is 0.275. The average Bonchev–Trinajstić information content (AvgIpc) is 3.97. The summed E-state index contributed by atoms with van der Waals surface area (Å²) in [5.41, 5.74) is 18.6. The van der Waals surface area contributed by atoms with Crippen LogP contribution in [-0.2, 0) is 6.42 Å². The predicted octanol–water partition coefficient (Wildman–Crippen LogP) is 15.3. The van der Waals surface area contributed by atoms with Gasteiger partial charge in [-0.1, -0.05) is 115 Å². The molecule has 0 bridgehead atoms. The molecule has 1 aliphatic carbocycles. The molecule has 9 aromatic carbocycles. The highest BCUT2D eigenvalue weighted by atomic mass is 16.3. The Balaban J connectivity index is 0.897. The molecule has 12 aromatic rings. The van der Waals surface area contributed by atoms with Gasteiger partial charge in [-0.2, -0.15) is 0 Å². The summed E-state index contributed by atoms with van der Waals surface area (Å²) in [6, 6.07) is 70.4. The molecule has 0 aliphatic heterocycles. The van der Waals surface area contributed by atoms with Gasteiger partial charge in [-0.3, -0.25) is 0 Å². The molecule has 0 saturated heterocycles. The van der Waals surface area contributed by atoms with Gasteiger partial charge in [-0.05, 0) is 135 Å². The van der Waals surface area contributed by atoms with Gasteiger partial charge < -0.3 is 13.4 Å². The van der Waals surface area contributed by atoms with E-state index in [4.69, 9.17) is 8.83 Å². The molecule has 1 atom stereocenters. The van der Waals surface area contributed by atoms with Crippen molar-refractivity contribution in [3.05, 3.63) is 211 Å². The number of rotatable bonds is 4. The van der Waals surface area contributed by atoms with Crippen molar-refractivity contribution in [2.45, 2.75) is 12.3 Å². The van der Waals surface area contributed by atoms with Crippen LogP contribution in [0.2, 0.25) is 0 Å². The van der Waals surface area contributed by atoms with Crippen molar-refractivity contribution in [1.29, 1.82) is 0 Å². The van der Waals surface area contributed by atoms with Gasteiger partial charge in [0.1, 0.15) is 22.3 Å². The summed E-state index contributed by atoms with van der Waals surface area (Å²) in [6.07, 6.45) is 0.980. The molecule has 276 valence electrons. The second-order valence-electron chi connectivity index (χ2n) is 16.0. The number of benzene rings is 9. The second kappa shape index (κ2) is 12.4. The highest BCUT2D eigenvalue weighted by Crippen LogP contribution is 2.45. The van der Waals surface area contributed by atoms with Crippen molar-refractivity contribution >= 4 is 65.7 Å². The fraction of sp³-hybridized carbons (Fsp3) is 0.0357. The average molecular weight is 754 g/mol. The minimum atomic E-state index is 0.275. The molecule has 1 aliphatic rings. The number of hydrogen-bond donors (Lipinski definition) is 0. The van der Waals surface area contributed by atoms with Gasteiger partial charge in [0, 0.05) is 43.9 Å². The van der Waals surface area contributed by atoms with Crippen LogP contribution in [0.3, 0.4) is 0 Å². The molecule has 0 saturated carbocycles. The van der Waals surface area contributed by atoms with E-state index in [-0.39, 0.29) is 5.92 Å². The molecule has 0 fully saturated rings. The maximum atomic E-state index is 6.44. The van der Waals surface area contributed by atoms with E-state index in [1.807, 2.05) is 0 Å². The lowest BCUT2D eigenvalue weighted by Gasteiger charge is -2.28. The standard InChI is InChI=1S/C56H35NO2/c1-2-11-40(12-3-1)57-51-17-9-8-16-44(51)46-28-34(18-23-52(46)57)35-19-24-53-47(29-35)48-30-36(20-25-54(48)58-53)37-21-26-55-49(31-37)50-33-39(22-27-56(50)59-55)45-32-38-10-4-5-13-41(38)42-14-6-7-15-43(42)45/h1-31,33,45H,32H2. The second-order valence-corrected chi connectivity index (χ2v) is 16.0. The van der Waals surface area contributed by atoms with Gasteiger partial charge in [-0.15, -0.1) is 0 Å². The first-order valence-electron chi connectivity index (χ1n) is 20.4. The van der Waals surface area contributed by atoms with Crippen molar-refractivity contribution < 1.29 is 8.83 Å². The monoisotopic (exact) mass is 753 g/mol. The molecule has 13 rings (SSSR count). The number of hydrogen-bond acceptors (Lipinski definition) is 2. The van der Waals surface area contributed by atoms with Crippen LogP contribution >= 0.6 is 0 Å². The Labute approximate surface area is 340 Å². The van der Waals surface area contributed by atoms with Crippen LogP contribution in [-0.4, -0.2) is 4.57 Å². The normalized spacial score (nSPS) is 13.9. The van der Waals surface area contributed by atoms with E-state index in [0.29, 0.717) is 0 Å². The third-order valence-corrected chi connectivity index (χ3v) is 12.8. The maximum Gasteiger partial charge on any atom is 0.135 e. The van der Waals surface area contributed by atoms with E-state index < -0.39 is 0 Å². The van der Waals surface area contributed by atoms with Gasteiger partial charge in [0.2, 0.25) is 0 Å². The topological polar surface area (TPSA) is 31.2 Å². The number of furan rings is 2. The van der Waals surface area contributed by atoms with Crippen LogP contribution < -0.4 is 0 Å². The van der Waals surface area contributed by atoms with Gasteiger partial charge in [0.05, 0.1) is 11.0 Å². The van der Waals surface area contributed by atoms with Crippen molar-refractivity contribution in [3.63, 3.8) is 0 Å². The molecular formula is C56H35NO2. The Morgan fingerprint density at radius 3 is 1.58 bits per heavy atom.